The number of hydrogen-bond donors (Lipinski definition) is 1. The molecule has 0 aromatic heterocycles. The second-order valence-corrected chi connectivity index (χ2v) is 10.5. The monoisotopic (exact) mass is 542 g/mol. The van der Waals surface area contributed by atoms with E-state index in [1.165, 1.54) is 11.8 Å². The summed E-state index contributed by atoms with van der Waals surface area (Å²) < 4.78 is 0. The van der Waals surface area contributed by atoms with Gasteiger partial charge in [0.25, 0.3) is 0 Å². The Morgan fingerprint density at radius 3 is 2.28 bits per heavy atom. The van der Waals surface area contributed by atoms with Gasteiger partial charge in [0.05, 0.1) is 5.75 Å². The number of nitrogens with zero attached hydrogens (tertiary/aromatic N) is 1. The Morgan fingerprint density at radius 2 is 1.61 bits per heavy atom. The van der Waals surface area contributed by atoms with E-state index in [9.17, 15) is 9.59 Å². The lowest BCUT2D eigenvalue weighted by Crippen LogP contribution is -2.51. The molecule has 0 fully saturated rings. The quantitative estimate of drug-likeness (QED) is 0.277. The van der Waals surface area contributed by atoms with Crippen LogP contribution in [0.25, 0.3) is 0 Å². The van der Waals surface area contributed by atoms with Crippen molar-refractivity contribution in [1.29, 1.82) is 0 Å². The zero-order valence-corrected chi connectivity index (χ0v) is 23.0. The molecule has 0 aliphatic carbocycles. The van der Waals surface area contributed by atoms with Crippen molar-refractivity contribution >= 4 is 46.8 Å². The zero-order chi connectivity index (χ0) is 25.9. The second-order valence-electron chi connectivity index (χ2n) is 8.70. The third kappa shape index (κ3) is 8.29. The third-order valence-corrected chi connectivity index (χ3v) is 7.44. The summed E-state index contributed by atoms with van der Waals surface area (Å²) in [6.45, 7) is 4.95. The first-order valence-corrected chi connectivity index (χ1v) is 14.0. The summed E-state index contributed by atoms with van der Waals surface area (Å²) in [6.07, 6.45) is 1.26. The van der Waals surface area contributed by atoms with E-state index >= 15 is 0 Å². The van der Waals surface area contributed by atoms with Crippen LogP contribution < -0.4 is 5.32 Å². The first-order valence-electron chi connectivity index (χ1n) is 12.1. The predicted octanol–water partition coefficient (Wildman–Crippen LogP) is 6.70. The fourth-order valence-electron chi connectivity index (χ4n) is 3.92. The van der Waals surface area contributed by atoms with Crippen LogP contribution in [0.2, 0.25) is 10.0 Å². The van der Waals surface area contributed by atoms with Crippen LogP contribution in [0.3, 0.4) is 0 Å². The molecule has 0 heterocycles. The highest BCUT2D eigenvalue weighted by molar-refractivity contribution is 7.99. The molecule has 0 saturated heterocycles. The molecule has 36 heavy (non-hydrogen) atoms. The van der Waals surface area contributed by atoms with Crippen molar-refractivity contribution in [2.45, 2.75) is 45.0 Å². The molecule has 3 rings (SSSR count). The number of thioether (sulfide) groups is 1. The topological polar surface area (TPSA) is 49.4 Å². The first-order chi connectivity index (χ1) is 17.4. The van der Waals surface area contributed by atoms with Crippen LogP contribution in [-0.4, -0.2) is 35.1 Å². The van der Waals surface area contributed by atoms with Crippen molar-refractivity contribution in [1.82, 2.24) is 10.2 Å². The van der Waals surface area contributed by atoms with E-state index in [-0.39, 0.29) is 17.6 Å². The van der Waals surface area contributed by atoms with Crippen LogP contribution in [0.1, 0.15) is 35.6 Å². The molecule has 0 spiro atoms. The molecule has 0 bridgehead atoms. The Morgan fingerprint density at radius 1 is 0.944 bits per heavy atom. The van der Waals surface area contributed by atoms with Gasteiger partial charge in [0.2, 0.25) is 11.8 Å². The fraction of sp³-hybridized carbons (Fsp3) is 0.310. The number of halogens is 2. The van der Waals surface area contributed by atoms with Gasteiger partial charge >= 0.3 is 0 Å². The maximum absolute atomic E-state index is 13.7. The number of amides is 2. The van der Waals surface area contributed by atoms with Crippen LogP contribution >= 0.6 is 35.0 Å². The maximum Gasteiger partial charge on any atom is 0.243 e. The molecular formula is C29H32Cl2N2O2S. The second kappa shape index (κ2) is 14.3. The molecule has 0 saturated carbocycles. The number of aryl methyl sites for hydroxylation is 1. The minimum Gasteiger partial charge on any atom is -0.354 e. The first kappa shape index (κ1) is 28.1. The van der Waals surface area contributed by atoms with Gasteiger partial charge in [-0.05, 0) is 42.2 Å². The summed E-state index contributed by atoms with van der Waals surface area (Å²) in [7, 11) is 0. The SMILES string of the molecule is CCCNC(=O)[C@H](Cc1ccccc1)N(Cc1cccc(C)c1)C(=O)CSCc1c(Cl)cccc1Cl. The molecule has 4 nitrogen and oxygen atoms in total. The molecule has 0 radical (unpaired) electrons. The molecular weight excluding hydrogens is 511 g/mol. The predicted molar refractivity (Wildman–Crippen MR) is 152 cm³/mol. The van der Waals surface area contributed by atoms with Gasteiger partial charge in [0.1, 0.15) is 6.04 Å². The van der Waals surface area contributed by atoms with Crippen LogP contribution in [0.15, 0.2) is 72.8 Å². The van der Waals surface area contributed by atoms with Gasteiger partial charge in [0.15, 0.2) is 0 Å². The van der Waals surface area contributed by atoms with Crippen molar-refractivity contribution in [3.63, 3.8) is 0 Å². The van der Waals surface area contributed by atoms with E-state index in [2.05, 4.69) is 11.4 Å². The molecule has 3 aromatic rings. The Bertz CT molecular complexity index is 1140. The van der Waals surface area contributed by atoms with E-state index in [1.807, 2.05) is 62.4 Å². The number of rotatable bonds is 12. The Hall–Kier alpha value is -2.47. The van der Waals surface area contributed by atoms with Crippen molar-refractivity contribution in [2.75, 3.05) is 12.3 Å². The average molecular weight is 544 g/mol. The number of benzene rings is 3. The molecule has 1 N–H and O–H groups in total. The van der Waals surface area contributed by atoms with E-state index in [4.69, 9.17) is 23.2 Å². The summed E-state index contributed by atoms with van der Waals surface area (Å²) in [4.78, 5) is 28.7. The summed E-state index contributed by atoms with van der Waals surface area (Å²) in [5, 5.41) is 4.17. The highest BCUT2D eigenvalue weighted by atomic mass is 35.5. The molecule has 2 amide bonds. The molecule has 7 heteroatoms. The molecule has 1 atom stereocenters. The largest absolute Gasteiger partial charge is 0.354 e. The van der Waals surface area contributed by atoms with Gasteiger partial charge < -0.3 is 10.2 Å². The Labute approximate surface area is 228 Å². The summed E-state index contributed by atoms with van der Waals surface area (Å²) in [5.41, 5.74) is 3.92. The number of carbonyl (C=O) groups excluding carboxylic acids is 2. The van der Waals surface area contributed by atoms with Crippen LogP contribution in [0.5, 0.6) is 0 Å². The summed E-state index contributed by atoms with van der Waals surface area (Å²) in [5.74, 6) is 0.478. The van der Waals surface area contributed by atoms with Crippen LogP contribution in [-0.2, 0) is 28.3 Å². The normalized spacial score (nSPS) is 11.7. The van der Waals surface area contributed by atoms with Crippen molar-refractivity contribution < 1.29 is 9.59 Å². The van der Waals surface area contributed by atoms with Crippen LogP contribution in [0, 0.1) is 6.92 Å². The Balaban J connectivity index is 1.85. The molecule has 0 aliphatic heterocycles. The van der Waals surface area contributed by atoms with Crippen molar-refractivity contribution in [3.05, 3.63) is 105 Å². The minimum absolute atomic E-state index is 0.0998. The van der Waals surface area contributed by atoms with Crippen LogP contribution in [0.4, 0.5) is 0 Å². The Kier molecular flexibility index (Phi) is 11.2. The third-order valence-electron chi connectivity index (χ3n) is 5.79. The zero-order valence-electron chi connectivity index (χ0n) is 20.7. The smallest absolute Gasteiger partial charge is 0.243 e. The number of nitrogens with one attached hydrogen (secondary N) is 1. The maximum atomic E-state index is 13.7. The van der Waals surface area contributed by atoms with E-state index < -0.39 is 6.04 Å². The number of hydrogen-bond acceptors (Lipinski definition) is 3. The van der Waals surface area contributed by atoms with Gasteiger partial charge in [-0.1, -0.05) is 96.4 Å². The lowest BCUT2D eigenvalue weighted by molar-refractivity contribution is -0.139. The molecule has 3 aromatic carbocycles. The lowest BCUT2D eigenvalue weighted by Gasteiger charge is -2.31. The van der Waals surface area contributed by atoms with Gasteiger partial charge in [-0.25, -0.2) is 0 Å². The fourth-order valence-corrected chi connectivity index (χ4v) is 5.57. The van der Waals surface area contributed by atoms with Crippen molar-refractivity contribution in [2.24, 2.45) is 0 Å². The van der Waals surface area contributed by atoms with Gasteiger partial charge in [-0.2, -0.15) is 0 Å². The molecule has 190 valence electrons. The van der Waals surface area contributed by atoms with E-state index in [0.717, 1.165) is 28.7 Å². The average Bonchev–Trinajstić information content (AvgIpc) is 2.87. The highest BCUT2D eigenvalue weighted by Crippen LogP contribution is 2.28. The summed E-state index contributed by atoms with van der Waals surface area (Å²) in [6, 6.07) is 22.6. The molecule has 0 unspecified atom stereocenters. The van der Waals surface area contributed by atoms with Gasteiger partial charge in [-0.15, -0.1) is 11.8 Å². The minimum atomic E-state index is -0.628. The summed E-state index contributed by atoms with van der Waals surface area (Å²) >= 11 is 14.1. The van der Waals surface area contributed by atoms with Gasteiger partial charge in [-0.3, -0.25) is 9.59 Å². The highest BCUT2D eigenvalue weighted by Gasteiger charge is 2.30. The molecule has 0 aliphatic rings. The van der Waals surface area contributed by atoms with Crippen molar-refractivity contribution in [3.8, 4) is 0 Å². The van der Waals surface area contributed by atoms with Gasteiger partial charge in [0, 0.05) is 35.3 Å². The lowest BCUT2D eigenvalue weighted by atomic mass is 10.0. The number of carbonyl (C=O) groups is 2. The standard InChI is InChI=1S/C29H32Cl2N2O2S/c1-3-15-32-29(35)27(17-22-10-5-4-6-11-22)33(18-23-12-7-9-21(2)16-23)28(34)20-36-19-24-25(30)13-8-14-26(24)31/h4-14,16,27H,3,15,17-20H2,1-2H3,(H,32,35)/t27-/m0/s1. The van der Waals surface area contributed by atoms with E-state index in [1.54, 1.807) is 23.1 Å². The van der Waals surface area contributed by atoms with E-state index in [0.29, 0.717) is 35.3 Å².